The van der Waals surface area contributed by atoms with Crippen LogP contribution in [0.5, 0.6) is 0 Å². The van der Waals surface area contributed by atoms with Gasteiger partial charge in [-0.05, 0) is 0 Å². The lowest BCUT2D eigenvalue weighted by Crippen LogP contribution is -2.07. The maximum absolute atomic E-state index is 13.2. The third-order valence-corrected chi connectivity index (χ3v) is 1.87. The van der Waals surface area contributed by atoms with E-state index in [4.69, 9.17) is 5.73 Å². The maximum Gasteiger partial charge on any atom is 0.419 e. The molecule has 0 saturated heterocycles. The van der Waals surface area contributed by atoms with E-state index >= 15 is 0 Å². The molecule has 2 rings (SSSR count). The molecule has 2 heterocycles. The van der Waals surface area contributed by atoms with Gasteiger partial charge in [-0.15, -0.1) is 0 Å². The van der Waals surface area contributed by atoms with Crippen LogP contribution in [-0.4, -0.2) is 19.7 Å². The van der Waals surface area contributed by atoms with Crippen LogP contribution in [0.4, 0.5) is 23.5 Å². The van der Waals surface area contributed by atoms with E-state index in [9.17, 15) is 17.6 Å². The Bertz CT molecular complexity index is 547. The highest BCUT2D eigenvalue weighted by molar-refractivity contribution is 5.29. The topological polar surface area (TPSA) is 69.6 Å². The van der Waals surface area contributed by atoms with Crippen molar-refractivity contribution in [2.75, 3.05) is 5.73 Å². The van der Waals surface area contributed by atoms with Crippen molar-refractivity contribution in [1.82, 2.24) is 19.7 Å². The first-order valence-electron chi connectivity index (χ1n) is 4.28. The third kappa shape index (κ3) is 2.17. The highest BCUT2D eigenvalue weighted by atomic mass is 19.4. The van der Waals surface area contributed by atoms with Gasteiger partial charge in [-0.1, -0.05) is 0 Å². The van der Waals surface area contributed by atoms with Gasteiger partial charge < -0.3 is 5.73 Å². The Labute approximate surface area is 91.9 Å². The summed E-state index contributed by atoms with van der Waals surface area (Å²) in [5, 5.41) is 3.37. The van der Waals surface area contributed by atoms with Crippen molar-refractivity contribution in [1.29, 1.82) is 0 Å². The Balaban J connectivity index is 2.47. The monoisotopic (exact) mass is 247 g/mol. The summed E-state index contributed by atoms with van der Waals surface area (Å²) in [6, 6.07) is 0. The highest BCUT2D eigenvalue weighted by Crippen LogP contribution is 2.29. The molecule has 0 fully saturated rings. The summed E-state index contributed by atoms with van der Waals surface area (Å²) in [4.78, 5) is 6.81. The van der Waals surface area contributed by atoms with Crippen molar-refractivity contribution in [3.63, 3.8) is 0 Å². The molecule has 0 aliphatic heterocycles. The number of halogens is 4. The molecular weight excluding hydrogens is 242 g/mol. The second-order valence-corrected chi connectivity index (χ2v) is 3.07. The number of alkyl halides is 3. The Hall–Kier alpha value is -2.19. The highest BCUT2D eigenvalue weighted by Gasteiger charge is 2.32. The van der Waals surface area contributed by atoms with Crippen molar-refractivity contribution < 1.29 is 17.6 Å². The molecular formula is C8H5F4N5. The number of nitrogens with two attached hydrogens (primary N) is 1. The summed E-state index contributed by atoms with van der Waals surface area (Å²) in [5.41, 5.74) is 4.20. The van der Waals surface area contributed by atoms with Gasteiger partial charge in [0.05, 0.1) is 18.0 Å². The molecule has 17 heavy (non-hydrogen) atoms. The van der Waals surface area contributed by atoms with Crippen LogP contribution < -0.4 is 5.73 Å². The van der Waals surface area contributed by atoms with Gasteiger partial charge in [0.2, 0.25) is 5.95 Å². The van der Waals surface area contributed by atoms with Crippen molar-refractivity contribution >= 4 is 5.95 Å². The smallest absolute Gasteiger partial charge is 0.368 e. The summed E-state index contributed by atoms with van der Waals surface area (Å²) >= 11 is 0. The predicted octanol–water partition coefficient (Wildman–Crippen LogP) is 1.40. The van der Waals surface area contributed by atoms with Gasteiger partial charge in [0, 0.05) is 6.20 Å². The number of nitrogens with zero attached hydrogens (tertiary/aromatic N) is 4. The number of rotatable bonds is 1. The molecule has 0 atom stereocenters. The minimum Gasteiger partial charge on any atom is -0.368 e. The Kier molecular flexibility index (Phi) is 2.45. The molecule has 0 aliphatic carbocycles. The van der Waals surface area contributed by atoms with Crippen LogP contribution in [0.25, 0.3) is 5.82 Å². The molecule has 2 N–H and O–H groups in total. The van der Waals surface area contributed by atoms with Gasteiger partial charge in [-0.2, -0.15) is 23.3 Å². The molecule has 2 aromatic rings. The van der Waals surface area contributed by atoms with Crippen LogP contribution in [0, 0.1) is 5.82 Å². The van der Waals surface area contributed by atoms with E-state index in [1.165, 1.54) is 0 Å². The van der Waals surface area contributed by atoms with E-state index in [0.717, 1.165) is 6.20 Å². The van der Waals surface area contributed by atoms with Gasteiger partial charge in [-0.3, -0.25) is 0 Å². The zero-order chi connectivity index (χ0) is 12.6. The standard InChI is InChI=1S/C8H5F4N5/c9-5-2-14-7(13)16-6(5)17-3-4(1-15-17)8(10,11)12/h1-3H,(H2,13,14,16). The molecule has 9 heteroatoms. The molecule has 5 nitrogen and oxygen atoms in total. The van der Waals surface area contributed by atoms with Crippen LogP contribution in [0.3, 0.4) is 0 Å². The fourth-order valence-electron chi connectivity index (χ4n) is 1.12. The molecule has 0 bridgehead atoms. The van der Waals surface area contributed by atoms with E-state index in [0.29, 0.717) is 17.1 Å². The second kappa shape index (κ2) is 3.68. The van der Waals surface area contributed by atoms with E-state index in [2.05, 4.69) is 15.1 Å². The summed E-state index contributed by atoms with van der Waals surface area (Å²) in [6.07, 6.45) is -2.61. The van der Waals surface area contributed by atoms with Crippen LogP contribution in [0.15, 0.2) is 18.6 Å². The van der Waals surface area contributed by atoms with Crippen LogP contribution in [0.2, 0.25) is 0 Å². The minimum atomic E-state index is -4.55. The Morgan fingerprint density at radius 1 is 1.24 bits per heavy atom. The van der Waals surface area contributed by atoms with E-state index < -0.39 is 23.4 Å². The first-order chi connectivity index (χ1) is 7.88. The zero-order valence-corrected chi connectivity index (χ0v) is 8.11. The number of hydrogen-bond acceptors (Lipinski definition) is 4. The lowest BCUT2D eigenvalue weighted by molar-refractivity contribution is -0.137. The molecule has 0 saturated carbocycles. The predicted molar refractivity (Wildman–Crippen MR) is 48.5 cm³/mol. The van der Waals surface area contributed by atoms with Crippen molar-refractivity contribution in [2.24, 2.45) is 0 Å². The molecule has 2 aromatic heterocycles. The Morgan fingerprint density at radius 3 is 2.53 bits per heavy atom. The quantitative estimate of drug-likeness (QED) is 0.773. The lowest BCUT2D eigenvalue weighted by Gasteiger charge is -2.03. The summed E-state index contributed by atoms with van der Waals surface area (Å²) in [7, 11) is 0. The van der Waals surface area contributed by atoms with Gasteiger partial charge in [0.25, 0.3) is 0 Å². The largest absolute Gasteiger partial charge is 0.419 e. The molecule has 0 unspecified atom stereocenters. The van der Waals surface area contributed by atoms with Gasteiger partial charge in [0.1, 0.15) is 0 Å². The van der Waals surface area contributed by atoms with Gasteiger partial charge in [0.15, 0.2) is 11.6 Å². The van der Waals surface area contributed by atoms with E-state index in [1.807, 2.05) is 0 Å². The van der Waals surface area contributed by atoms with Gasteiger partial charge in [-0.25, -0.2) is 14.1 Å². The van der Waals surface area contributed by atoms with E-state index in [1.54, 1.807) is 0 Å². The number of aromatic nitrogens is 4. The number of hydrogen-bond donors (Lipinski definition) is 1. The fraction of sp³-hybridized carbons (Fsp3) is 0.125. The summed E-state index contributed by atoms with van der Waals surface area (Å²) in [6.45, 7) is 0. The van der Waals surface area contributed by atoms with Crippen molar-refractivity contribution in [3.8, 4) is 5.82 Å². The molecule has 0 aromatic carbocycles. The van der Waals surface area contributed by atoms with Crippen LogP contribution in [-0.2, 0) is 6.18 Å². The maximum atomic E-state index is 13.2. The van der Waals surface area contributed by atoms with E-state index in [-0.39, 0.29) is 5.95 Å². The first-order valence-corrected chi connectivity index (χ1v) is 4.28. The van der Waals surface area contributed by atoms with Crippen molar-refractivity contribution in [3.05, 3.63) is 30.0 Å². The minimum absolute atomic E-state index is 0.259. The number of anilines is 1. The third-order valence-electron chi connectivity index (χ3n) is 1.87. The first kappa shape index (κ1) is 11.3. The van der Waals surface area contributed by atoms with Crippen LogP contribution >= 0.6 is 0 Å². The Morgan fingerprint density at radius 2 is 1.94 bits per heavy atom. The average Bonchev–Trinajstić information content (AvgIpc) is 2.70. The molecule has 0 aliphatic rings. The molecule has 0 spiro atoms. The normalized spacial score (nSPS) is 11.8. The second-order valence-electron chi connectivity index (χ2n) is 3.07. The lowest BCUT2D eigenvalue weighted by atomic mass is 10.4. The average molecular weight is 247 g/mol. The van der Waals surface area contributed by atoms with Gasteiger partial charge >= 0.3 is 6.18 Å². The molecule has 90 valence electrons. The summed E-state index contributed by atoms with van der Waals surface area (Å²) in [5.74, 6) is -1.62. The summed E-state index contributed by atoms with van der Waals surface area (Å²) < 4.78 is 50.8. The SMILES string of the molecule is Nc1ncc(F)c(-n2cc(C(F)(F)F)cn2)n1. The zero-order valence-electron chi connectivity index (χ0n) is 8.11. The molecule has 0 amide bonds. The molecule has 0 radical (unpaired) electrons. The number of nitrogen functional groups attached to an aromatic ring is 1. The van der Waals surface area contributed by atoms with Crippen LogP contribution in [0.1, 0.15) is 5.56 Å². The fourth-order valence-corrected chi connectivity index (χ4v) is 1.12. The van der Waals surface area contributed by atoms with Crippen molar-refractivity contribution in [2.45, 2.75) is 6.18 Å².